The Kier molecular flexibility index (Phi) is 5.72. The number of primary amides is 1. The first kappa shape index (κ1) is 20.0. The molecule has 7 nitrogen and oxygen atoms in total. The lowest BCUT2D eigenvalue weighted by Gasteiger charge is -2.31. The van der Waals surface area contributed by atoms with Crippen LogP contribution in [-0.4, -0.2) is 39.8 Å². The van der Waals surface area contributed by atoms with E-state index < -0.39 is 5.91 Å². The summed E-state index contributed by atoms with van der Waals surface area (Å²) in [5.74, 6) is -0.225. The van der Waals surface area contributed by atoms with Crippen LogP contribution in [0.4, 0.5) is 5.69 Å². The van der Waals surface area contributed by atoms with Gasteiger partial charge in [0.15, 0.2) is 0 Å². The average Bonchev–Trinajstić information content (AvgIpc) is 2.74. The fourth-order valence-electron chi connectivity index (χ4n) is 3.98. The SMILES string of the molecule is CC(=O)Nc1ccc(CN2CCC(c3cnc4cccc(C(N)=O)c4n3)CC2)cc1. The van der Waals surface area contributed by atoms with Crippen LogP contribution < -0.4 is 11.1 Å². The van der Waals surface area contributed by atoms with Crippen molar-refractivity contribution in [3.63, 3.8) is 0 Å². The number of carbonyl (C=O) groups is 2. The van der Waals surface area contributed by atoms with Gasteiger partial charge >= 0.3 is 0 Å². The molecule has 3 N–H and O–H groups in total. The van der Waals surface area contributed by atoms with Crippen molar-refractivity contribution in [2.75, 3.05) is 18.4 Å². The Balaban J connectivity index is 1.40. The Morgan fingerprint density at radius 3 is 2.53 bits per heavy atom. The molecule has 154 valence electrons. The number of hydrogen-bond donors (Lipinski definition) is 2. The Hall–Kier alpha value is -3.32. The average molecular weight is 403 g/mol. The molecule has 30 heavy (non-hydrogen) atoms. The summed E-state index contributed by atoms with van der Waals surface area (Å²) in [4.78, 5) is 34.5. The third-order valence-electron chi connectivity index (χ3n) is 5.54. The zero-order valence-corrected chi connectivity index (χ0v) is 17.0. The summed E-state index contributed by atoms with van der Waals surface area (Å²) in [6.45, 7) is 4.32. The van der Waals surface area contributed by atoms with Gasteiger partial charge in [-0.05, 0) is 55.8 Å². The predicted octanol–water partition coefficient (Wildman–Crippen LogP) is 3.07. The zero-order valence-electron chi connectivity index (χ0n) is 17.0. The van der Waals surface area contributed by atoms with Crippen LogP contribution >= 0.6 is 0 Å². The van der Waals surface area contributed by atoms with Crippen molar-refractivity contribution in [1.29, 1.82) is 0 Å². The number of fused-ring (bicyclic) bond motifs is 1. The minimum atomic E-state index is -0.480. The molecular weight excluding hydrogens is 378 g/mol. The molecule has 0 unspecified atom stereocenters. The third kappa shape index (κ3) is 4.46. The van der Waals surface area contributed by atoms with Crippen LogP contribution in [0.3, 0.4) is 0 Å². The molecule has 7 heteroatoms. The summed E-state index contributed by atoms with van der Waals surface area (Å²) in [5, 5.41) is 2.79. The van der Waals surface area contributed by atoms with E-state index >= 15 is 0 Å². The molecule has 1 aliphatic heterocycles. The van der Waals surface area contributed by atoms with E-state index in [1.807, 2.05) is 24.4 Å². The molecule has 1 aliphatic rings. The maximum atomic E-state index is 11.7. The highest BCUT2D eigenvalue weighted by Crippen LogP contribution is 2.28. The van der Waals surface area contributed by atoms with Crippen molar-refractivity contribution in [3.05, 3.63) is 65.5 Å². The highest BCUT2D eigenvalue weighted by atomic mass is 16.1. The van der Waals surface area contributed by atoms with Crippen LogP contribution in [0.1, 0.15) is 47.3 Å². The summed E-state index contributed by atoms with van der Waals surface area (Å²) in [7, 11) is 0. The minimum Gasteiger partial charge on any atom is -0.366 e. The predicted molar refractivity (Wildman–Crippen MR) is 116 cm³/mol. The quantitative estimate of drug-likeness (QED) is 0.682. The van der Waals surface area contributed by atoms with Gasteiger partial charge in [0.25, 0.3) is 5.91 Å². The van der Waals surface area contributed by atoms with Gasteiger partial charge in [-0.3, -0.25) is 19.5 Å². The molecule has 2 heterocycles. The number of hydrogen-bond acceptors (Lipinski definition) is 5. The number of piperidine rings is 1. The van der Waals surface area contributed by atoms with E-state index in [0.29, 0.717) is 22.5 Å². The molecular formula is C23H25N5O2. The number of nitrogens with zero attached hydrogens (tertiary/aromatic N) is 3. The second kappa shape index (κ2) is 8.59. The fourth-order valence-corrected chi connectivity index (χ4v) is 3.98. The first-order valence-electron chi connectivity index (χ1n) is 10.1. The second-order valence-corrected chi connectivity index (χ2v) is 7.76. The molecule has 3 aromatic rings. The highest BCUT2D eigenvalue weighted by Gasteiger charge is 2.23. The van der Waals surface area contributed by atoms with Gasteiger partial charge in [0.05, 0.1) is 16.8 Å². The topological polar surface area (TPSA) is 101 Å². The van der Waals surface area contributed by atoms with Crippen molar-refractivity contribution in [2.45, 2.75) is 32.2 Å². The van der Waals surface area contributed by atoms with Gasteiger partial charge in [0.2, 0.25) is 5.91 Å². The molecule has 0 bridgehead atoms. The molecule has 1 aromatic heterocycles. The number of carbonyl (C=O) groups excluding carboxylic acids is 2. The maximum absolute atomic E-state index is 11.7. The lowest BCUT2D eigenvalue weighted by atomic mass is 9.93. The zero-order chi connectivity index (χ0) is 21.1. The Morgan fingerprint density at radius 1 is 1.13 bits per heavy atom. The monoisotopic (exact) mass is 403 g/mol. The number of anilines is 1. The normalized spacial score (nSPS) is 15.2. The van der Waals surface area contributed by atoms with Crippen molar-refractivity contribution >= 4 is 28.5 Å². The molecule has 0 atom stereocenters. The van der Waals surface area contributed by atoms with Crippen LogP contribution in [-0.2, 0) is 11.3 Å². The van der Waals surface area contributed by atoms with Crippen molar-refractivity contribution < 1.29 is 9.59 Å². The number of aromatic nitrogens is 2. The smallest absolute Gasteiger partial charge is 0.250 e. The lowest BCUT2D eigenvalue weighted by Crippen LogP contribution is -2.32. The van der Waals surface area contributed by atoms with Gasteiger partial charge in [-0.25, -0.2) is 4.98 Å². The van der Waals surface area contributed by atoms with Gasteiger partial charge < -0.3 is 11.1 Å². The molecule has 1 saturated heterocycles. The van der Waals surface area contributed by atoms with Crippen LogP contribution in [0.5, 0.6) is 0 Å². The number of nitrogens with two attached hydrogens (primary N) is 1. The Labute approximate surface area is 175 Å². The van der Waals surface area contributed by atoms with E-state index in [-0.39, 0.29) is 5.91 Å². The van der Waals surface area contributed by atoms with Crippen LogP contribution in [0, 0.1) is 0 Å². The summed E-state index contributed by atoms with van der Waals surface area (Å²) in [6.07, 6.45) is 3.81. The molecule has 2 amide bonds. The lowest BCUT2D eigenvalue weighted by molar-refractivity contribution is -0.114. The van der Waals surface area contributed by atoms with Gasteiger partial charge in [0.1, 0.15) is 5.52 Å². The molecule has 2 aromatic carbocycles. The van der Waals surface area contributed by atoms with Crippen molar-refractivity contribution in [3.8, 4) is 0 Å². The fraction of sp³-hybridized carbons (Fsp3) is 0.304. The second-order valence-electron chi connectivity index (χ2n) is 7.76. The number of benzene rings is 2. The standard InChI is InChI=1S/C23H25N5O2/c1-15(29)26-18-7-5-16(6-8-18)14-28-11-9-17(10-12-28)21-13-25-20-4-2-3-19(23(24)30)22(20)27-21/h2-8,13,17H,9-12,14H2,1H3,(H2,24,30)(H,26,29). The van der Waals surface area contributed by atoms with Gasteiger partial charge in [-0.1, -0.05) is 18.2 Å². The Morgan fingerprint density at radius 2 is 1.87 bits per heavy atom. The van der Waals surface area contributed by atoms with Gasteiger partial charge in [0, 0.05) is 31.3 Å². The first-order chi connectivity index (χ1) is 14.5. The van der Waals surface area contributed by atoms with E-state index in [1.54, 1.807) is 12.1 Å². The molecule has 0 spiro atoms. The van der Waals surface area contributed by atoms with Crippen molar-refractivity contribution in [1.82, 2.24) is 14.9 Å². The van der Waals surface area contributed by atoms with Crippen LogP contribution in [0.2, 0.25) is 0 Å². The number of nitrogens with one attached hydrogen (secondary N) is 1. The molecule has 0 saturated carbocycles. The number of rotatable bonds is 5. The van der Waals surface area contributed by atoms with E-state index in [2.05, 4.69) is 27.3 Å². The number of para-hydroxylation sites is 1. The Bertz CT molecular complexity index is 1070. The van der Waals surface area contributed by atoms with E-state index in [0.717, 1.165) is 43.9 Å². The largest absolute Gasteiger partial charge is 0.366 e. The highest BCUT2D eigenvalue weighted by molar-refractivity contribution is 6.03. The van der Waals surface area contributed by atoms with Crippen LogP contribution in [0.15, 0.2) is 48.7 Å². The van der Waals surface area contributed by atoms with E-state index in [4.69, 9.17) is 10.7 Å². The molecule has 0 radical (unpaired) electrons. The van der Waals surface area contributed by atoms with Crippen LogP contribution in [0.25, 0.3) is 11.0 Å². The maximum Gasteiger partial charge on any atom is 0.250 e. The molecule has 4 rings (SSSR count). The van der Waals surface area contributed by atoms with Gasteiger partial charge in [-0.15, -0.1) is 0 Å². The number of likely N-dealkylation sites (tertiary alicyclic amines) is 1. The molecule has 0 aliphatic carbocycles. The summed E-state index contributed by atoms with van der Waals surface area (Å²) >= 11 is 0. The summed E-state index contributed by atoms with van der Waals surface area (Å²) in [5.41, 5.74) is 10.2. The van der Waals surface area contributed by atoms with Gasteiger partial charge in [-0.2, -0.15) is 0 Å². The minimum absolute atomic E-state index is 0.0652. The molecule has 1 fully saturated rings. The first-order valence-corrected chi connectivity index (χ1v) is 10.1. The van der Waals surface area contributed by atoms with Crippen molar-refractivity contribution in [2.24, 2.45) is 5.73 Å². The summed E-state index contributed by atoms with van der Waals surface area (Å²) in [6, 6.07) is 13.3. The van der Waals surface area contributed by atoms with E-state index in [1.165, 1.54) is 12.5 Å². The third-order valence-corrected chi connectivity index (χ3v) is 5.54. The number of amides is 2. The summed E-state index contributed by atoms with van der Waals surface area (Å²) < 4.78 is 0. The van der Waals surface area contributed by atoms with E-state index in [9.17, 15) is 9.59 Å².